The lowest BCUT2D eigenvalue weighted by Crippen LogP contribution is -2.19. The average Bonchev–Trinajstić information content (AvgIpc) is 2.05. The van der Waals surface area contributed by atoms with Crippen molar-refractivity contribution in [2.45, 2.75) is 33.2 Å². The normalized spacial score (nSPS) is 13.0. The molecule has 13 heavy (non-hydrogen) atoms. The van der Waals surface area contributed by atoms with Gasteiger partial charge in [0.25, 0.3) is 0 Å². The molecular weight excluding hydrogens is 226 g/mol. The van der Waals surface area contributed by atoms with Gasteiger partial charge in [-0.2, -0.15) is 0 Å². The molecule has 0 radical (unpaired) electrons. The van der Waals surface area contributed by atoms with Crippen molar-refractivity contribution in [2.75, 3.05) is 0 Å². The van der Waals surface area contributed by atoms with E-state index in [-0.39, 0.29) is 6.04 Å². The summed E-state index contributed by atoms with van der Waals surface area (Å²) < 4.78 is 1.17. The topological polar surface area (TPSA) is 26.0 Å². The molecule has 1 unspecified atom stereocenters. The van der Waals surface area contributed by atoms with Gasteiger partial charge in [0.1, 0.15) is 0 Å². The van der Waals surface area contributed by atoms with Crippen LogP contribution in [0.5, 0.6) is 0 Å². The van der Waals surface area contributed by atoms with Gasteiger partial charge in [0.2, 0.25) is 0 Å². The van der Waals surface area contributed by atoms with Crippen LogP contribution < -0.4 is 5.73 Å². The fraction of sp³-hybridized carbons (Fsp3) is 0.455. The Balaban J connectivity index is 3.10. The molecule has 0 saturated heterocycles. The summed E-state index contributed by atoms with van der Waals surface area (Å²) in [4.78, 5) is 0. The van der Waals surface area contributed by atoms with Crippen LogP contribution in [-0.2, 0) is 6.42 Å². The van der Waals surface area contributed by atoms with Gasteiger partial charge in [-0.1, -0.05) is 22.0 Å². The summed E-state index contributed by atoms with van der Waals surface area (Å²) in [5.74, 6) is 0. The van der Waals surface area contributed by atoms with Gasteiger partial charge in [-0.05, 0) is 49.9 Å². The predicted octanol–water partition coefficient (Wildman–Crippen LogP) is 2.96. The van der Waals surface area contributed by atoms with E-state index < -0.39 is 0 Å². The highest BCUT2D eigenvalue weighted by Crippen LogP contribution is 2.23. The summed E-state index contributed by atoms with van der Waals surface area (Å²) in [6.45, 7) is 6.31. The fourth-order valence-corrected chi connectivity index (χ4v) is 1.87. The molecule has 0 aliphatic carbocycles. The lowest BCUT2D eigenvalue weighted by Gasteiger charge is -2.13. The number of aryl methyl sites for hydroxylation is 1. The molecule has 0 bridgehead atoms. The zero-order valence-corrected chi connectivity index (χ0v) is 9.98. The van der Waals surface area contributed by atoms with Gasteiger partial charge in [0, 0.05) is 10.5 Å². The molecule has 0 aliphatic heterocycles. The van der Waals surface area contributed by atoms with Gasteiger partial charge in [0.15, 0.2) is 0 Å². The van der Waals surface area contributed by atoms with E-state index >= 15 is 0 Å². The highest BCUT2D eigenvalue weighted by atomic mass is 79.9. The van der Waals surface area contributed by atoms with Crippen LogP contribution in [0.25, 0.3) is 0 Å². The SMILES string of the molecule is Cc1ccc(Br)c(C)c1CC(C)N. The van der Waals surface area contributed by atoms with E-state index in [4.69, 9.17) is 5.73 Å². The molecule has 0 heterocycles. The van der Waals surface area contributed by atoms with Crippen LogP contribution in [0.3, 0.4) is 0 Å². The predicted molar refractivity (Wildman–Crippen MR) is 61.0 cm³/mol. The maximum atomic E-state index is 5.80. The van der Waals surface area contributed by atoms with Crippen LogP contribution in [0, 0.1) is 13.8 Å². The number of benzene rings is 1. The first-order chi connectivity index (χ1) is 6.02. The third-order valence-electron chi connectivity index (χ3n) is 2.29. The third kappa shape index (κ3) is 2.55. The molecule has 0 aromatic heterocycles. The van der Waals surface area contributed by atoms with Gasteiger partial charge in [-0.25, -0.2) is 0 Å². The largest absolute Gasteiger partial charge is 0.328 e. The Morgan fingerprint density at radius 3 is 2.54 bits per heavy atom. The molecular formula is C11H16BrN. The Labute approximate surface area is 88.5 Å². The van der Waals surface area contributed by atoms with Gasteiger partial charge >= 0.3 is 0 Å². The van der Waals surface area contributed by atoms with Crippen LogP contribution in [0.4, 0.5) is 0 Å². The van der Waals surface area contributed by atoms with Crippen LogP contribution >= 0.6 is 15.9 Å². The summed E-state index contributed by atoms with van der Waals surface area (Å²) >= 11 is 3.53. The van der Waals surface area contributed by atoms with Crippen molar-refractivity contribution in [2.24, 2.45) is 5.73 Å². The fourth-order valence-electron chi connectivity index (χ4n) is 1.50. The van der Waals surface area contributed by atoms with Crippen molar-refractivity contribution in [1.82, 2.24) is 0 Å². The molecule has 72 valence electrons. The average molecular weight is 242 g/mol. The molecule has 1 aromatic rings. The molecule has 1 rings (SSSR count). The van der Waals surface area contributed by atoms with E-state index in [9.17, 15) is 0 Å². The molecule has 1 aromatic carbocycles. The molecule has 2 N–H and O–H groups in total. The summed E-state index contributed by atoms with van der Waals surface area (Å²) in [5.41, 5.74) is 9.82. The molecule has 2 heteroatoms. The summed E-state index contributed by atoms with van der Waals surface area (Å²) in [6.07, 6.45) is 0.955. The van der Waals surface area contributed by atoms with E-state index in [2.05, 4.69) is 41.9 Å². The second-order valence-corrected chi connectivity index (χ2v) is 4.50. The molecule has 0 spiro atoms. The summed E-state index contributed by atoms with van der Waals surface area (Å²) in [6, 6.07) is 4.45. The van der Waals surface area contributed by atoms with E-state index in [1.807, 2.05) is 6.92 Å². The van der Waals surface area contributed by atoms with Crippen LogP contribution in [0.15, 0.2) is 16.6 Å². The molecule has 0 fully saturated rings. The number of nitrogens with two attached hydrogens (primary N) is 1. The number of hydrogen-bond acceptors (Lipinski definition) is 1. The Morgan fingerprint density at radius 1 is 1.38 bits per heavy atom. The lowest BCUT2D eigenvalue weighted by molar-refractivity contribution is 0.731. The monoisotopic (exact) mass is 241 g/mol. The molecule has 0 amide bonds. The van der Waals surface area contributed by atoms with E-state index in [1.165, 1.54) is 21.2 Å². The van der Waals surface area contributed by atoms with E-state index in [0.29, 0.717) is 0 Å². The Bertz CT molecular complexity index is 305. The van der Waals surface area contributed by atoms with Crippen LogP contribution in [0.2, 0.25) is 0 Å². The van der Waals surface area contributed by atoms with E-state index in [1.54, 1.807) is 0 Å². The first-order valence-corrected chi connectivity index (χ1v) is 5.32. The number of halogens is 1. The van der Waals surface area contributed by atoms with Gasteiger partial charge in [-0.3, -0.25) is 0 Å². The Hall–Kier alpha value is -0.340. The van der Waals surface area contributed by atoms with Crippen molar-refractivity contribution in [3.63, 3.8) is 0 Å². The smallest absolute Gasteiger partial charge is 0.0207 e. The van der Waals surface area contributed by atoms with Gasteiger partial charge in [-0.15, -0.1) is 0 Å². The van der Waals surface area contributed by atoms with Crippen molar-refractivity contribution in [1.29, 1.82) is 0 Å². The molecule has 1 nitrogen and oxygen atoms in total. The minimum absolute atomic E-state index is 0.228. The van der Waals surface area contributed by atoms with Gasteiger partial charge < -0.3 is 5.73 Å². The molecule has 1 atom stereocenters. The summed E-state index contributed by atoms with van der Waals surface area (Å²) in [5, 5.41) is 0. The highest BCUT2D eigenvalue weighted by Gasteiger charge is 2.07. The van der Waals surface area contributed by atoms with Crippen molar-refractivity contribution in [3.8, 4) is 0 Å². The first-order valence-electron chi connectivity index (χ1n) is 4.52. The second-order valence-electron chi connectivity index (χ2n) is 3.65. The zero-order valence-electron chi connectivity index (χ0n) is 8.39. The van der Waals surface area contributed by atoms with Crippen molar-refractivity contribution >= 4 is 15.9 Å². The number of hydrogen-bond donors (Lipinski definition) is 1. The minimum atomic E-state index is 0.228. The molecule has 0 saturated carbocycles. The first kappa shape index (κ1) is 10.7. The number of rotatable bonds is 2. The minimum Gasteiger partial charge on any atom is -0.328 e. The quantitative estimate of drug-likeness (QED) is 0.847. The van der Waals surface area contributed by atoms with Crippen molar-refractivity contribution < 1.29 is 0 Å². The van der Waals surface area contributed by atoms with Crippen LogP contribution in [0.1, 0.15) is 23.6 Å². The Morgan fingerprint density at radius 2 is 2.00 bits per heavy atom. The zero-order chi connectivity index (χ0) is 10.0. The third-order valence-corrected chi connectivity index (χ3v) is 3.15. The highest BCUT2D eigenvalue weighted by molar-refractivity contribution is 9.10. The maximum Gasteiger partial charge on any atom is 0.0207 e. The maximum absolute atomic E-state index is 5.80. The van der Waals surface area contributed by atoms with Crippen LogP contribution in [-0.4, -0.2) is 6.04 Å². The van der Waals surface area contributed by atoms with Gasteiger partial charge in [0.05, 0.1) is 0 Å². The Kier molecular flexibility index (Phi) is 3.51. The molecule has 0 aliphatic rings. The van der Waals surface area contributed by atoms with E-state index in [0.717, 1.165) is 6.42 Å². The standard InChI is InChI=1S/C11H16BrN/c1-7-4-5-11(12)9(3)10(7)6-8(2)13/h4-5,8H,6,13H2,1-3H3. The lowest BCUT2D eigenvalue weighted by atomic mass is 9.97. The van der Waals surface area contributed by atoms with Crippen molar-refractivity contribution in [3.05, 3.63) is 33.3 Å². The summed E-state index contributed by atoms with van der Waals surface area (Å²) in [7, 11) is 0. The second kappa shape index (κ2) is 4.25.